The Kier molecular flexibility index (Phi) is 4.52. The third kappa shape index (κ3) is 2.65. The molecular formula is C15H22ClNO. The zero-order chi connectivity index (χ0) is 13.1. The minimum Gasteiger partial charge on any atom is -0.495 e. The Morgan fingerprint density at radius 1 is 1.39 bits per heavy atom. The molecule has 0 amide bonds. The lowest BCUT2D eigenvalue weighted by atomic mass is 9.83. The number of rotatable bonds is 4. The third-order valence-corrected chi connectivity index (χ3v) is 4.46. The van der Waals surface area contributed by atoms with Crippen LogP contribution in [0.15, 0.2) is 12.1 Å². The lowest BCUT2D eigenvalue weighted by Gasteiger charge is -2.24. The number of aryl methyl sites for hydroxylation is 1. The summed E-state index contributed by atoms with van der Waals surface area (Å²) in [5, 5.41) is 0.689. The summed E-state index contributed by atoms with van der Waals surface area (Å²) in [6.07, 6.45) is 5.27. The summed E-state index contributed by atoms with van der Waals surface area (Å²) in [5.74, 6) is 1.91. The second-order valence-corrected chi connectivity index (χ2v) is 5.64. The molecule has 1 unspecified atom stereocenters. The van der Waals surface area contributed by atoms with E-state index in [0.29, 0.717) is 17.5 Å². The largest absolute Gasteiger partial charge is 0.495 e. The summed E-state index contributed by atoms with van der Waals surface area (Å²) in [7, 11) is 1.65. The molecule has 0 spiro atoms. The molecule has 0 saturated heterocycles. The molecule has 2 rings (SSSR count). The standard InChI is InChI=1S/C15H22ClNO/c1-10-7-15(18-2)14(16)8-12(10)13(9-17)11-5-3-4-6-11/h7-8,11,13H,3-6,9,17H2,1-2H3. The summed E-state index contributed by atoms with van der Waals surface area (Å²) in [6.45, 7) is 2.82. The van der Waals surface area contributed by atoms with Gasteiger partial charge >= 0.3 is 0 Å². The molecule has 1 fully saturated rings. The number of benzene rings is 1. The molecule has 100 valence electrons. The van der Waals surface area contributed by atoms with Crippen LogP contribution in [0.1, 0.15) is 42.7 Å². The van der Waals surface area contributed by atoms with Gasteiger partial charge in [-0.3, -0.25) is 0 Å². The average Bonchev–Trinajstić information content (AvgIpc) is 2.87. The van der Waals surface area contributed by atoms with Gasteiger partial charge in [-0.25, -0.2) is 0 Å². The summed E-state index contributed by atoms with van der Waals surface area (Å²) >= 11 is 6.24. The van der Waals surface area contributed by atoms with Gasteiger partial charge in [-0.15, -0.1) is 0 Å². The third-order valence-electron chi connectivity index (χ3n) is 4.16. The monoisotopic (exact) mass is 267 g/mol. The summed E-state index contributed by atoms with van der Waals surface area (Å²) < 4.78 is 5.26. The van der Waals surface area contributed by atoms with E-state index in [9.17, 15) is 0 Å². The van der Waals surface area contributed by atoms with Crippen molar-refractivity contribution in [1.29, 1.82) is 0 Å². The molecule has 0 aromatic heterocycles. The molecule has 0 heterocycles. The van der Waals surface area contributed by atoms with Crippen molar-refractivity contribution in [3.63, 3.8) is 0 Å². The zero-order valence-corrected chi connectivity index (χ0v) is 12.0. The molecule has 1 aliphatic rings. The number of nitrogens with two attached hydrogens (primary N) is 1. The Hall–Kier alpha value is -0.730. The van der Waals surface area contributed by atoms with Crippen LogP contribution in [0.4, 0.5) is 0 Å². The summed E-state index contributed by atoms with van der Waals surface area (Å²) in [5.41, 5.74) is 8.54. The van der Waals surface area contributed by atoms with E-state index in [1.165, 1.54) is 36.8 Å². The number of hydrogen-bond acceptors (Lipinski definition) is 2. The first-order valence-electron chi connectivity index (χ1n) is 6.71. The Bertz CT molecular complexity index is 413. The minimum atomic E-state index is 0.441. The van der Waals surface area contributed by atoms with Gasteiger partial charge in [0.1, 0.15) is 5.75 Å². The van der Waals surface area contributed by atoms with Crippen LogP contribution in [-0.2, 0) is 0 Å². The molecule has 3 heteroatoms. The van der Waals surface area contributed by atoms with E-state index in [0.717, 1.165) is 11.7 Å². The molecule has 18 heavy (non-hydrogen) atoms. The minimum absolute atomic E-state index is 0.441. The molecule has 2 N–H and O–H groups in total. The van der Waals surface area contributed by atoms with Crippen molar-refractivity contribution in [2.24, 2.45) is 11.7 Å². The van der Waals surface area contributed by atoms with Gasteiger partial charge in [0, 0.05) is 0 Å². The molecule has 1 aliphatic carbocycles. The first kappa shape index (κ1) is 13.7. The lowest BCUT2D eigenvalue weighted by Crippen LogP contribution is -2.20. The maximum absolute atomic E-state index is 6.24. The maximum Gasteiger partial charge on any atom is 0.137 e. The van der Waals surface area contributed by atoms with Crippen molar-refractivity contribution in [1.82, 2.24) is 0 Å². The summed E-state index contributed by atoms with van der Waals surface area (Å²) in [4.78, 5) is 0. The van der Waals surface area contributed by atoms with Gasteiger partial charge in [-0.05, 0) is 61.4 Å². The molecule has 0 radical (unpaired) electrons. The molecule has 0 aliphatic heterocycles. The molecular weight excluding hydrogens is 246 g/mol. The highest BCUT2D eigenvalue weighted by Gasteiger charge is 2.26. The quantitative estimate of drug-likeness (QED) is 0.898. The number of hydrogen-bond donors (Lipinski definition) is 1. The molecule has 2 nitrogen and oxygen atoms in total. The average molecular weight is 268 g/mol. The predicted molar refractivity (Wildman–Crippen MR) is 76.5 cm³/mol. The first-order chi connectivity index (χ1) is 8.67. The van der Waals surface area contributed by atoms with Crippen molar-refractivity contribution in [3.8, 4) is 5.75 Å². The van der Waals surface area contributed by atoms with Crippen LogP contribution in [0.2, 0.25) is 5.02 Å². The predicted octanol–water partition coefficient (Wildman–Crippen LogP) is 3.89. The van der Waals surface area contributed by atoms with E-state index in [4.69, 9.17) is 22.1 Å². The van der Waals surface area contributed by atoms with Crippen molar-refractivity contribution < 1.29 is 4.74 Å². The zero-order valence-electron chi connectivity index (χ0n) is 11.2. The van der Waals surface area contributed by atoms with E-state index < -0.39 is 0 Å². The van der Waals surface area contributed by atoms with Crippen molar-refractivity contribution in [3.05, 3.63) is 28.3 Å². The van der Waals surface area contributed by atoms with E-state index in [1.54, 1.807) is 7.11 Å². The van der Waals surface area contributed by atoms with Gasteiger partial charge < -0.3 is 10.5 Å². The van der Waals surface area contributed by atoms with Crippen molar-refractivity contribution in [2.45, 2.75) is 38.5 Å². The normalized spacial score (nSPS) is 18.0. The van der Waals surface area contributed by atoms with Gasteiger partial charge in [0.15, 0.2) is 0 Å². The van der Waals surface area contributed by atoms with Gasteiger partial charge in [0.2, 0.25) is 0 Å². The van der Waals surface area contributed by atoms with E-state index >= 15 is 0 Å². The highest BCUT2D eigenvalue weighted by Crippen LogP contribution is 2.40. The van der Waals surface area contributed by atoms with Gasteiger partial charge in [0.25, 0.3) is 0 Å². The number of halogens is 1. The Labute approximate surface area is 114 Å². The lowest BCUT2D eigenvalue weighted by molar-refractivity contribution is 0.412. The van der Waals surface area contributed by atoms with Crippen LogP contribution in [0, 0.1) is 12.8 Å². The van der Waals surface area contributed by atoms with Crippen LogP contribution in [0.25, 0.3) is 0 Å². The number of ether oxygens (including phenoxy) is 1. The molecule has 1 atom stereocenters. The second-order valence-electron chi connectivity index (χ2n) is 5.23. The van der Waals surface area contributed by atoms with Crippen LogP contribution in [-0.4, -0.2) is 13.7 Å². The fourth-order valence-corrected chi connectivity index (χ4v) is 3.41. The van der Waals surface area contributed by atoms with Crippen LogP contribution < -0.4 is 10.5 Å². The second kappa shape index (κ2) is 5.94. The van der Waals surface area contributed by atoms with E-state index in [2.05, 4.69) is 6.92 Å². The van der Waals surface area contributed by atoms with E-state index in [-0.39, 0.29) is 0 Å². The molecule has 1 aromatic rings. The molecule has 0 bridgehead atoms. The van der Waals surface area contributed by atoms with Crippen molar-refractivity contribution >= 4 is 11.6 Å². The van der Waals surface area contributed by atoms with Gasteiger partial charge in [0.05, 0.1) is 12.1 Å². The van der Waals surface area contributed by atoms with Gasteiger partial charge in [-0.2, -0.15) is 0 Å². The van der Waals surface area contributed by atoms with Gasteiger partial charge in [-0.1, -0.05) is 24.4 Å². The summed E-state index contributed by atoms with van der Waals surface area (Å²) in [6, 6.07) is 4.07. The van der Waals surface area contributed by atoms with Crippen LogP contribution in [0.5, 0.6) is 5.75 Å². The SMILES string of the molecule is COc1cc(C)c(C(CN)C2CCCC2)cc1Cl. The van der Waals surface area contributed by atoms with Crippen LogP contribution >= 0.6 is 11.6 Å². The first-order valence-corrected chi connectivity index (χ1v) is 7.09. The van der Waals surface area contributed by atoms with E-state index in [1.807, 2.05) is 12.1 Å². The fourth-order valence-electron chi connectivity index (χ4n) is 3.16. The smallest absolute Gasteiger partial charge is 0.137 e. The fraction of sp³-hybridized carbons (Fsp3) is 0.600. The highest BCUT2D eigenvalue weighted by atomic mass is 35.5. The number of methoxy groups -OCH3 is 1. The maximum atomic E-state index is 6.24. The van der Waals surface area contributed by atoms with Crippen LogP contribution in [0.3, 0.4) is 0 Å². The Morgan fingerprint density at radius 3 is 2.61 bits per heavy atom. The molecule has 1 saturated carbocycles. The van der Waals surface area contributed by atoms with Crippen molar-refractivity contribution in [2.75, 3.05) is 13.7 Å². The topological polar surface area (TPSA) is 35.2 Å². The Balaban J connectivity index is 2.32. The molecule has 1 aromatic carbocycles. The Morgan fingerprint density at radius 2 is 2.06 bits per heavy atom. The highest BCUT2D eigenvalue weighted by molar-refractivity contribution is 6.32.